The average molecular weight is 444 g/mol. The Kier molecular flexibility index (Phi) is 4.43. The Hall–Kier alpha value is -3.49. The van der Waals surface area contributed by atoms with Gasteiger partial charge in [0.2, 0.25) is 17.7 Å². The van der Waals surface area contributed by atoms with Crippen LogP contribution < -0.4 is 10.6 Å². The molecule has 2 saturated heterocycles. The standard InChI is InChI=1S/C25H24N4O4/c1-33-11-10-29-22(30)20-19(12-14-13-26-17-8-4-2-6-15(14)17)28-25(21(20)23(29)31)16-7-3-5-9-18(16)27-24(25)32/h2-9,13,19-21,26,28H,10-12H2,1H3,(H,27,32)/t19-,20-,21-,25+/m0/s1. The minimum Gasteiger partial charge on any atom is -0.383 e. The second-order valence-electron chi connectivity index (χ2n) is 8.95. The number of hydrogen-bond acceptors (Lipinski definition) is 5. The van der Waals surface area contributed by atoms with Crippen LogP contribution in [0.1, 0.15) is 11.1 Å². The van der Waals surface area contributed by atoms with E-state index in [1.54, 1.807) is 0 Å². The van der Waals surface area contributed by atoms with Gasteiger partial charge < -0.3 is 15.0 Å². The highest BCUT2D eigenvalue weighted by molar-refractivity contribution is 6.15. The number of aromatic amines is 1. The molecule has 0 saturated carbocycles. The fraction of sp³-hybridized carbons (Fsp3) is 0.320. The number of rotatable bonds is 5. The third-order valence-corrected chi connectivity index (χ3v) is 7.35. The van der Waals surface area contributed by atoms with Crippen LogP contribution in [0.5, 0.6) is 0 Å². The van der Waals surface area contributed by atoms with Crippen LogP contribution in [0.4, 0.5) is 5.69 Å². The summed E-state index contributed by atoms with van der Waals surface area (Å²) >= 11 is 0. The molecule has 6 rings (SSSR count). The van der Waals surface area contributed by atoms with E-state index in [9.17, 15) is 14.4 Å². The molecule has 1 spiro atoms. The Balaban J connectivity index is 1.46. The number of anilines is 1. The van der Waals surface area contributed by atoms with Crippen LogP contribution in [0.2, 0.25) is 0 Å². The molecule has 3 aromatic rings. The van der Waals surface area contributed by atoms with Gasteiger partial charge in [-0.1, -0.05) is 36.4 Å². The van der Waals surface area contributed by atoms with Crippen LogP contribution in [-0.2, 0) is 31.1 Å². The number of hydrogen-bond donors (Lipinski definition) is 3. The van der Waals surface area contributed by atoms with Gasteiger partial charge in [-0.05, 0) is 24.1 Å². The van der Waals surface area contributed by atoms with Gasteiger partial charge in [-0.3, -0.25) is 24.6 Å². The topological polar surface area (TPSA) is 104 Å². The van der Waals surface area contributed by atoms with E-state index in [-0.39, 0.29) is 36.9 Å². The minimum atomic E-state index is -1.27. The van der Waals surface area contributed by atoms with Crippen molar-refractivity contribution in [2.75, 3.05) is 25.6 Å². The maximum absolute atomic E-state index is 13.6. The van der Waals surface area contributed by atoms with Crippen LogP contribution in [0.25, 0.3) is 10.9 Å². The highest BCUT2D eigenvalue weighted by Crippen LogP contribution is 2.53. The molecule has 1 aromatic heterocycles. The lowest BCUT2D eigenvalue weighted by Crippen LogP contribution is -2.53. The average Bonchev–Trinajstić information content (AvgIpc) is 3.53. The fourth-order valence-electron chi connectivity index (χ4n) is 5.93. The van der Waals surface area contributed by atoms with Crippen molar-refractivity contribution in [3.05, 3.63) is 65.9 Å². The third kappa shape index (κ3) is 2.68. The van der Waals surface area contributed by atoms with Gasteiger partial charge >= 0.3 is 0 Å². The van der Waals surface area contributed by atoms with E-state index < -0.39 is 17.4 Å². The molecule has 4 atom stereocenters. The summed E-state index contributed by atoms with van der Waals surface area (Å²) in [6.07, 6.45) is 2.46. The molecule has 0 aliphatic carbocycles. The zero-order valence-electron chi connectivity index (χ0n) is 18.1. The number of benzene rings is 2. The highest BCUT2D eigenvalue weighted by Gasteiger charge is 2.70. The van der Waals surface area contributed by atoms with Crippen LogP contribution in [-0.4, -0.2) is 53.9 Å². The molecule has 0 radical (unpaired) electrons. The minimum absolute atomic E-state index is 0.181. The zero-order valence-corrected chi connectivity index (χ0v) is 18.1. The number of ether oxygens (including phenoxy) is 1. The van der Waals surface area contributed by atoms with Crippen LogP contribution >= 0.6 is 0 Å². The SMILES string of the molecule is COCCN1C(=O)[C@H]2[C@H](Cc3c[nH]c4ccccc34)N[C@@]3(C(=O)Nc4ccccc43)[C@@H]2C1=O. The molecule has 2 aromatic carbocycles. The van der Waals surface area contributed by atoms with Crippen LogP contribution in [0, 0.1) is 11.8 Å². The summed E-state index contributed by atoms with van der Waals surface area (Å²) in [5.41, 5.74) is 2.18. The van der Waals surface area contributed by atoms with Gasteiger partial charge in [0.25, 0.3) is 0 Å². The monoisotopic (exact) mass is 444 g/mol. The summed E-state index contributed by atoms with van der Waals surface area (Å²) < 4.78 is 5.13. The summed E-state index contributed by atoms with van der Waals surface area (Å²) in [7, 11) is 1.54. The second-order valence-corrected chi connectivity index (χ2v) is 8.95. The maximum Gasteiger partial charge on any atom is 0.250 e. The predicted octanol–water partition coefficient (Wildman–Crippen LogP) is 1.78. The lowest BCUT2D eigenvalue weighted by Gasteiger charge is -2.29. The van der Waals surface area contributed by atoms with E-state index >= 15 is 0 Å². The van der Waals surface area contributed by atoms with E-state index in [4.69, 9.17) is 4.74 Å². The Morgan fingerprint density at radius 2 is 1.82 bits per heavy atom. The lowest BCUT2D eigenvalue weighted by molar-refractivity contribution is -0.143. The number of nitrogens with one attached hydrogen (secondary N) is 3. The molecule has 2 fully saturated rings. The van der Waals surface area contributed by atoms with Gasteiger partial charge in [-0.25, -0.2) is 0 Å². The number of methoxy groups -OCH3 is 1. The van der Waals surface area contributed by atoms with E-state index in [2.05, 4.69) is 15.6 Å². The molecular formula is C25H24N4O4. The van der Waals surface area contributed by atoms with Crippen molar-refractivity contribution in [2.24, 2.45) is 11.8 Å². The number of carbonyl (C=O) groups is 3. The van der Waals surface area contributed by atoms with Crippen molar-refractivity contribution in [1.29, 1.82) is 0 Å². The Labute approximate surface area is 190 Å². The molecule has 168 valence electrons. The van der Waals surface area contributed by atoms with Crippen molar-refractivity contribution in [1.82, 2.24) is 15.2 Å². The first-order chi connectivity index (χ1) is 16.1. The van der Waals surface area contributed by atoms with Crippen LogP contribution in [0.3, 0.4) is 0 Å². The summed E-state index contributed by atoms with van der Waals surface area (Å²) in [5.74, 6) is -2.29. The van der Waals surface area contributed by atoms with Crippen molar-refractivity contribution in [2.45, 2.75) is 18.0 Å². The Bertz CT molecular complexity index is 1300. The predicted molar refractivity (Wildman–Crippen MR) is 121 cm³/mol. The number of aromatic nitrogens is 1. The van der Waals surface area contributed by atoms with Gasteiger partial charge in [-0.15, -0.1) is 0 Å². The summed E-state index contributed by atoms with van der Waals surface area (Å²) in [5, 5.41) is 7.49. The summed E-state index contributed by atoms with van der Waals surface area (Å²) in [4.78, 5) is 45.1. The quantitative estimate of drug-likeness (QED) is 0.521. The normalized spacial score (nSPS) is 28.1. The number of imide groups is 1. The van der Waals surface area contributed by atoms with E-state index in [1.807, 2.05) is 54.7 Å². The second kappa shape index (κ2) is 7.26. The fourth-order valence-corrected chi connectivity index (χ4v) is 5.93. The van der Waals surface area contributed by atoms with Gasteiger partial charge in [0.05, 0.1) is 25.0 Å². The summed E-state index contributed by atoms with van der Waals surface area (Å²) in [6.45, 7) is 0.438. The number of amides is 3. The van der Waals surface area contributed by atoms with E-state index in [0.29, 0.717) is 12.1 Å². The highest BCUT2D eigenvalue weighted by atomic mass is 16.5. The molecule has 33 heavy (non-hydrogen) atoms. The number of carbonyl (C=O) groups excluding carboxylic acids is 3. The van der Waals surface area contributed by atoms with Gasteiger partial charge in [0.1, 0.15) is 5.54 Å². The summed E-state index contributed by atoms with van der Waals surface area (Å²) in [6, 6.07) is 15.0. The molecule has 3 N–H and O–H groups in total. The van der Waals surface area contributed by atoms with Crippen molar-refractivity contribution >= 4 is 34.3 Å². The van der Waals surface area contributed by atoms with Gasteiger partial charge in [-0.2, -0.15) is 0 Å². The number of H-pyrrole nitrogens is 1. The number of likely N-dealkylation sites (tertiary alicyclic amines) is 1. The van der Waals surface area contributed by atoms with Gasteiger partial charge in [0.15, 0.2) is 0 Å². The molecule has 0 bridgehead atoms. The number of nitrogens with zero attached hydrogens (tertiary/aromatic N) is 1. The Morgan fingerprint density at radius 1 is 1.03 bits per heavy atom. The Morgan fingerprint density at radius 3 is 2.67 bits per heavy atom. The molecule has 3 aliphatic rings. The first kappa shape index (κ1) is 20.1. The van der Waals surface area contributed by atoms with Crippen LogP contribution in [0.15, 0.2) is 54.7 Å². The molecule has 3 aliphatic heterocycles. The molecule has 8 heteroatoms. The van der Waals surface area contributed by atoms with Crippen molar-refractivity contribution < 1.29 is 19.1 Å². The molecule has 8 nitrogen and oxygen atoms in total. The molecule has 0 unspecified atom stereocenters. The first-order valence-electron chi connectivity index (χ1n) is 11.1. The van der Waals surface area contributed by atoms with Crippen molar-refractivity contribution in [3.63, 3.8) is 0 Å². The smallest absolute Gasteiger partial charge is 0.250 e. The molecule has 3 amide bonds. The van der Waals surface area contributed by atoms with E-state index in [1.165, 1.54) is 12.0 Å². The number of para-hydroxylation sites is 2. The lowest BCUT2D eigenvalue weighted by atomic mass is 9.76. The largest absolute Gasteiger partial charge is 0.383 e. The first-order valence-corrected chi connectivity index (χ1v) is 11.1. The third-order valence-electron chi connectivity index (χ3n) is 7.35. The molecule has 4 heterocycles. The van der Waals surface area contributed by atoms with E-state index in [0.717, 1.165) is 22.0 Å². The zero-order chi connectivity index (χ0) is 22.7. The van der Waals surface area contributed by atoms with Crippen molar-refractivity contribution in [3.8, 4) is 0 Å². The maximum atomic E-state index is 13.6. The molecular weight excluding hydrogens is 420 g/mol. The number of fused-ring (bicyclic) bond motifs is 5. The van der Waals surface area contributed by atoms with Gasteiger partial charge in [0, 0.05) is 41.5 Å².